The first-order valence-electron chi connectivity index (χ1n) is 14.7. The monoisotopic (exact) mass is 601 g/mol. The Balaban J connectivity index is 1.30. The lowest BCUT2D eigenvalue weighted by atomic mass is 10.0. The fraction of sp³-hybridized carbons (Fsp3) is 0.438. The van der Waals surface area contributed by atoms with E-state index in [0.29, 0.717) is 44.8 Å². The number of hydrogen-bond acceptors (Lipinski definition) is 8. The SMILES string of the molecule is [C-]#[N+]C[C@H]1CN(c2nc(OCCN(C)C3COC3)nc3c2CCN(c2cccc4cccc(Cl)c24)C3)CCN1C(=O)C=C. The Kier molecular flexibility index (Phi) is 8.66. The fourth-order valence-electron chi connectivity index (χ4n) is 6.12. The number of hydrogen-bond donors (Lipinski definition) is 0. The number of fused-ring (bicyclic) bond motifs is 2. The Morgan fingerprint density at radius 3 is 2.77 bits per heavy atom. The Labute approximate surface area is 257 Å². The molecule has 0 aliphatic carbocycles. The average molecular weight is 602 g/mol. The van der Waals surface area contributed by atoms with Gasteiger partial charge in [0.05, 0.1) is 36.5 Å². The molecule has 1 atom stereocenters. The van der Waals surface area contributed by atoms with Gasteiger partial charge in [0.1, 0.15) is 18.5 Å². The van der Waals surface area contributed by atoms with E-state index in [2.05, 4.69) is 57.4 Å². The van der Waals surface area contributed by atoms with Gasteiger partial charge in [-0.15, -0.1) is 0 Å². The molecule has 0 spiro atoms. The van der Waals surface area contributed by atoms with Crippen molar-refractivity contribution in [3.8, 4) is 6.01 Å². The number of piperazine rings is 1. The lowest BCUT2D eigenvalue weighted by Crippen LogP contribution is -2.56. The van der Waals surface area contributed by atoms with Crippen molar-refractivity contribution in [1.29, 1.82) is 0 Å². The quantitative estimate of drug-likeness (QED) is 0.272. The normalized spacial score (nSPS) is 18.7. The number of likely N-dealkylation sites (N-methyl/N-ethyl adjacent to an activating group) is 1. The van der Waals surface area contributed by atoms with Gasteiger partial charge in [0.15, 0.2) is 0 Å². The van der Waals surface area contributed by atoms with Crippen LogP contribution in [-0.2, 0) is 22.5 Å². The predicted octanol–water partition coefficient (Wildman–Crippen LogP) is 3.68. The average Bonchev–Trinajstić information content (AvgIpc) is 2.99. The minimum atomic E-state index is -0.247. The van der Waals surface area contributed by atoms with Crippen LogP contribution in [0.5, 0.6) is 6.01 Å². The van der Waals surface area contributed by atoms with Gasteiger partial charge in [0, 0.05) is 49.4 Å². The lowest BCUT2D eigenvalue weighted by Gasteiger charge is -2.41. The molecule has 1 aromatic heterocycles. The molecule has 3 aliphatic rings. The molecule has 3 aromatic rings. The summed E-state index contributed by atoms with van der Waals surface area (Å²) < 4.78 is 11.5. The highest BCUT2D eigenvalue weighted by atomic mass is 35.5. The summed E-state index contributed by atoms with van der Waals surface area (Å²) in [4.78, 5) is 34.5. The number of halogens is 1. The standard InChI is InChI=1S/C32H36ClN7O3/c1-4-29(41)40-14-13-39(18-23(40)17-34-2)31-25-11-12-38(28-10-6-8-22-7-5-9-26(33)30(22)28)19-27(25)35-32(36-31)43-16-15-37(3)24-20-42-21-24/h4-10,23-24H,1,11-21H2,3H3/t23-/m0/s1. The van der Waals surface area contributed by atoms with Crippen LogP contribution in [0.15, 0.2) is 49.1 Å². The smallest absolute Gasteiger partial charge is 0.318 e. The molecule has 1 amide bonds. The molecule has 43 heavy (non-hydrogen) atoms. The molecule has 0 bridgehead atoms. The molecule has 2 fully saturated rings. The summed E-state index contributed by atoms with van der Waals surface area (Å²) in [6.07, 6.45) is 2.07. The van der Waals surface area contributed by atoms with Gasteiger partial charge in [-0.3, -0.25) is 9.69 Å². The molecular formula is C32H36ClN7O3. The molecule has 0 radical (unpaired) electrons. The van der Waals surface area contributed by atoms with Gasteiger partial charge < -0.3 is 29.0 Å². The summed E-state index contributed by atoms with van der Waals surface area (Å²) >= 11 is 6.69. The second kappa shape index (κ2) is 12.8. The van der Waals surface area contributed by atoms with Crippen molar-refractivity contribution in [2.45, 2.75) is 25.0 Å². The number of carbonyl (C=O) groups is 1. The van der Waals surface area contributed by atoms with E-state index in [1.54, 1.807) is 4.90 Å². The van der Waals surface area contributed by atoms with E-state index >= 15 is 0 Å². The lowest BCUT2D eigenvalue weighted by molar-refractivity contribution is -0.128. The number of rotatable bonds is 9. The topological polar surface area (TPSA) is 78.6 Å². The van der Waals surface area contributed by atoms with Crippen LogP contribution in [0.1, 0.15) is 11.3 Å². The van der Waals surface area contributed by atoms with Crippen LogP contribution in [0.3, 0.4) is 0 Å². The second-order valence-electron chi connectivity index (χ2n) is 11.2. The van der Waals surface area contributed by atoms with Crippen LogP contribution in [0.2, 0.25) is 5.02 Å². The van der Waals surface area contributed by atoms with E-state index in [-0.39, 0.29) is 18.5 Å². The molecule has 10 nitrogen and oxygen atoms in total. The minimum Gasteiger partial charge on any atom is -0.462 e. The largest absolute Gasteiger partial charge is 0.462 e. The van der Waals surface area contributed by atoms with Crippen LogP contribution in [0.4, 0.5) is 11.5 Å². The number of ether oxygens (including phenoxy) is 2. The molecule has 0 unspecified atom stereocenters. The van der Waals surface area contributed by atoms with Crippen LogP contribution in [0.25, 0.3) is 15.6 Å². The van der Waals surface area contributed by atoms with Crippen LogP contribution in [0, 0.1) is 6.57 Å². The molecule has 2 aromatic carbocycles. The van der Waals surface area contributed by atoms with Gasteiger partial charge in [-0.1, -0.05) is 42.4 Å². The molecule has 2 saturated heterocycles. The number of amides is 1. The number of anilines is 2. The highest BCUT2D eigenvalue weighted by Gasteiger charge is 2.35. The number of carbonyl (C=O) groups excluding carboxylic acids is 1. The summed E-state index contributed by atoms with van der Waals surface area (Å²) in [5.74, 6) is 0.685. The molecule has 3 aliphatic heterocycles. The Hall–Kier alpha value is -3.91. The molecule has 224 valence electrons. The Bertz CT molecular complexity index is 1550. The van der Waals surface area contributed by atoms with Gasteiger partial charge in [0.25, 0.3) is 0 Å². The van der Waals surface area contributed by atoms with E-state index in [4.69, 9.17) is 37.6 Å². The summed E-state index contributed by atoms with van der Waals surface area (Å²) in [7, 11) is 2.07. The van der Waals surface area contributed by atoms with Crippen molar-refractivity contribution in [2.75, 3.05) is 75.9 Å². The van der Waals surface area contributed by atoms with Gasteiger partial charge in [0.2, 0.25) is 12.5 Å². The van der Waals surface area contributed by atoms with E-state index < -0.39 is 0 Å². The zero-order chi connectivity index (χ0) is 29.9. The van der Waals surface area contributed by atoms with Crippen molar-refractivity contribution in [2.24, 2.45) is 0 Å². The fourth-order valence-corrected chi connectivity index (χ4v) is 6.40. The third-order valence-corrected chi connectivity index (χ3v) is 8.97. The summed E-state index contributed by atoms with van der Waals surface area (Å²) in [5.41, 5.74) is 3.08. The molecular weight excluding hydrogens is 566 g/mol. The van der Waals surface area contributed by atoms with Crippen molar-refractivity contribution >= 4 is 39.8 Å². The highest BCUT2D eigenvalue weighted by Crippen LogP contribution is 2.37. The van der Waals surface area contributed by atoms with Gasteiger partial charge >= 0.3 is 6.01 Å². The zero-order valence-corrected chi connectivity index (χ0v) is 25.2. The van der Waals surface area contributed by atoms with E-state index in [9.17, 15) is 4.79 Å². The van der Waals surface area contributed by atoms with Crippen molar-refractivity contribution in [1.82, 2.24) is 19.8 Å². The number of nitrogens with zero attached hydrogens (tertiary/aromatic N) is 7. The third-order valence-electron chi connectivity index (χ3n) is 8.66. The van der Waals surface area contributed by atoms with E-state index in [0.717, 1.165) is 71.3 Å². The molecule has 11 heteroatoms. The van der Waals surface area contributed by atoms with Crippen molar-refractivity contribution < 1.29 is 14.3 Å². The summed E-state index contributed by atoms with van der Waals surface area (Å²) in [6, 6.07) is 12.8. The van der Waals surface area contributed by atoms with Gasteiger partial charge in [-0.05, 0) is 37.1 Å². The first-order chi connectivity index (χ1) is 21.0. The highest BCUT2D eigenvalue weighted by molar-refractivity contribution is 6.36. The minimum absolute atomic E-state index is 0.146. The van der Waals surface area contributed by atoms with Gasteiger partial charge in [-0.2, -0.15) is 9.97 Å². The van der Waals surface area contributed by atoms with Crippen LogP contribution in [-0.4, -0.2) is 104 Å². The first kappa shape index (κ1) is 29.2. The van der Waals surface area contributed by atoms with Gasteiger partial charge in [-0.25, -0.2) is 6.57 Å². The zero-order valence-electron chi connectivity index (χ0n) is 24.4. The second-order valence-corrected chi connectivity index (χ2v) is 11.6. The van der Waals surface area contributed by atoms with Crippen LogP contribution >= 0.6 is 11.6 Å². The van der Waals surface area contributed by atoms with Crippen molar-refractivity contribution in [3.63, 3.8) is 0 Å². The summed E-state index contributed by atoms with van der Waals surface area (Å²) in [6.45, 7) is 17.0. The molecule has 4 heterocycles. The number of aromatic nitrogens is 2. The Morgan fingerprint density at radius 2 is 2.02 bits per heavy atom. The van der Waals surface area contributed by atoms with Crippen LogP contribution < -0.4 is 14.5 Å². The summed E-state index contributed by atoms with van der Waals surface area (Å²) in [5, 5.41) is 2.86. The van der Waals surface area contributed by atoms with E-state index in [1.165, 1.54) is 6.08 Å². The molecule has 6 rings (SSSR count). The maximum absolute atomic E-state index is 12.5. The molecule has 0 N–H and O–H groups in total. The van der Waals surface area contributed by atoms with Crippen molar-refractivity contribution in [3.05, 3.63) is 76.8 Å². The Morgan fingerprint density at radius 1 is 1.21 bits per heavy atom. The third kappa shape index (κ3) is 5.98. The van der Waals surface area contributed by atoms with E-state index in [1.807, 2.05) is 12.1 Å². The first-order valence-corrected chi connectivity index (χ1v) is 15.1. The number of benzene rings is 2. The maximum atomic E-state index is 12.5. The molecule has 0 saturated carbocycles. The predicted molar refractivity (Wildman–Crippen MR) is 168 cm³/mol. The maximum Gasteiger partial charge on any atom is 0.318 e.